The molecule has 0 aromatic heterocycles. The fourth-order valence-electron chi connectivity index (χ4n) is 2.27. The van der Waals surface area contributed by atoms with Crippen molar-refractivity contribution in [1.29, 1.82) is 0 Å². The highest BCUT2D eigenvalue weighted by atomic mass is 16.6. The van der Waals surface area contributed by atoms with Gasteiger partial charge in [-0.25, -0.2) is 4.79 Å². The molecule has 1 aromatic rings. The number of piperidine rings is 1. The maximum Gasteiger partial charge on any atom is 0.412 e. The van der Waals surface area contributed by atoms with Gasteiger partial charge in [0.05, 0.1) is 5.92 Å². The first-order chi connectivity index (χ1) is 10.2. The number of carbonyl (C=O) groups is 3. The molecule has 6 nitrogen and oxygen atoms in total. The minimum Gasteiger partial charge on any atom is -0.444 e. The Labute approximate surface area is 129 Å². The summed E-state index contributed by atoms with van der Waals surface area (Å²) in [6.07, 6.45) is 0.244. The summed E-state index contributed by atoms with van der Waals surface area (Å²) in [4.78, 5) is 34.8. The predicted octanol–water partition coefficient (Wildman–Crippen LogP) is 2.55. The van der Waals surface area contributed by atoms with E-state index in [-0.39, 0.29) is 17.7 Å². The largest absolute Gasteiger partial charge is 0.444 e. The molecule has 1 atom stereocenters. The van der Waals surface area contributed by atoms with Crippen LogP contribution < -0.4 is 10.6 Å². The Kier molecular flexibility index (Phi) is 4.49. The van der Waals surface area contributed by atoms with Gasteiger partial charge in [-0.15, -0.1) is 0 Å². The Morgan fingerprint density at radius 2 is 2.05 bits per heavy atom. The summed E-state index contributed by atoms with van der Waals surface area (Å²) in [5.41, 5.74) is 0.737. The Hall–Kier alpha value is -2.37. The number of amides is 3. The van der Waals surface area contributed by atoms with Gasteiger partial charge in [0.2, 0.25) is 11.8 Å². The molecular weight excluding hydrogens is 284 g/mol. The average Bonchev–Trinajstić information content (AvgIpc) is 2.36. The predicted molar refractivity (Wildman–Crippen MR) is 81.4 cm³/mol. The Bertz CT molecular complexity index is 604. The van der Waals surface area contributed by atoms with Crippen LogP contribution in [0.4, 0.5) is 10.5 Å². The zero-order valence-electron chi connectivity index (χ0n) is 12.9. The van der Waals surface area contributed by atoms with Gasteiger partial charge in [-0.2, -0.15) is 0 Å². The summed E-state index contributed by atoms with van der Waals surface area (Å²) in [6, 6.07) is 7.01. The van der Waals surface area contributed by atoms with Crippen molar-refractivity contribution < 1.29 is 19.1 Å². The highest BCUT2D eigenvalue weighted by Gasteiger charge is 2.28. The maximum atomic E-state index is 11.9. The van der Waals surface area contributed by atoms with Gasteiger partial charge in [0.25, 0.3) is 0 Å². The summed E-state index contributed by atoms with van der Waals surface area (Å²) in [5, 5.41) is 4.97. The zero-order chi connectivity index (χ0) is 16.3. The molecule has 1 aliphatic heterocycles. The standard InChI is InChI=1S/C16H20N2O4/c1-16(2,3)22-15(21)17-11-6-4-5-10(9-11)12-7-8-13(19)18-14(12)20/h4-6,9,12H,7-8H2,1-3H3,(H,17,21)(H,18,19,20). The Morgan fingerprint density at radius 3 is 2.68 bits per heavy atom. The normalized spacial score (nSPS) is 18.6. The lowest BCUT2D eigenvalue weighted by Crippen LogP contribution is -2.39. The first-order valence-electron chi connectivity index (χ1n) is 7.18. The molecule has 0 bridgehead atoms. The maximum absolute atomic E-state index is 11.9. The van der Waals surface area contributed by atoms with E-state index in [0.29, 0.717) is 18.5 Å². The van der Waals surface area contributed by atoms with Gasteiger partial charge in [0.1, 0.15) is 5.60 Å². The molecule has 2 N–H and O–H groups in total. The first-order valence-corrected chi connectivity index (χ1v) is 7.18. The van der Waals surface area contributed by atoms with Crippen molar-refractivity contribution in [3.05, 3.63) is 29.8 Å². The first kappa shape index (κ1) is 16.0. The van der Waals surface area contributed by atoms with Crippen LogP contribution >= 0.6 is 0 Å². The van der Waals surface area contributed by atoms with Crippen LogP contribution in [0.5, 0.6) is 0 Å². The van der Waals surface area contributed by atoms with Crippen molar-refractivity contribution in [2.75, 3.05) is 5.32 Å². The minimum absolute atomic E-state index is 0.246. The number of imide groups is 1. The van der Waals surface area contributed by atoms with Gasteiger partial charge in [-0.3, -0.25) is 20.2 Å². The van der Waals surface area contributed by atoms with E-state index >= 15 is 0 Å². The summed E-state index contributed by atoms with van der Waals surface area (Å²) in [7, 11) is 0. The van der Waals surface area contributed by atoms with Gasteiger partial charge < -0.3 is 4.74 Å². The summed E-state index contributed by atoms with van der Waals surface area (Å²) in [6.45, 7) is 5.35. The second-order valence-corrected chi connectivity index (χ2v) is 6.26. The number of hydrogen-bond donors (Lipinski definition) is 2. The van der Waals surface area contributed by atoms with E-state index in [1.165, 1.54) is 0 Å². The third-order valence-electron chi connectivity index (χ3n) is 3.17. The molecule has 1 aromatic carbocycles. The number of carbonyl (C=O) groups excluding carboxylic acids is 3. The number of hydrogen-bond acceptors (Lipinski definition) is 4. The van der Waals surface area contributed by atoms with Crippen molar-refractivity contribution in [2.45, 2.75) is 45.1 Å². The van der Waals surface area contributed by atoms with Gasteiger partial charge in [-0.1, -0.05) is 12.1 Å². The van der Waals surface area contributed by atoms with E-state index in [1.54, 1.807) is 45.0 Å². The number of benzene rings is 1. The quantitative estimate of drug-likeness (QED) is 0.822. The van der Waals surface area contributed by atoms with E-state index in [4.69, 9.17) is 4.74 Å². The molecule has 118 valence electrons. The molecule has 1 aliphatic rings. The van der Waals surface area contributed by atoms with Crippen LogP contribution in [0.1, 0.15) is 45.1 Å². The van der Waals surface area contributed by atoms with Crippen LogP contribution in [-0.2, 0) is 14.3 Å². The monoisotopic (exact) mass is 304 g/mol. The topological polar surface area (TPSA) is 84.5 Å². The molecule has 0 saturated carbocycles. The third-order valence-corrected chi connectivity index (χ3v) is 3.17. The molecule has 0 aliphatic carbocycles. The van der Waals surface area contributed by atoms with E-state index in [2.05, 4.69) is 10.6 Å². The van der Waals surface area contributed by atoms with Crippen molar-refractivity contribution in [3.8, 4) is 0 Å². The molecule has 1 saturated heterocycles. The van der Waals surface area contributed by atoms with Crippen LogP contribution in [0, 0.1) is 0 Å². The molecule has 0 spiro atoms. The van der Waals surface area contributed by atoms with E-state index < -0.39 is 11.7 Å². The Morgan fingerprint density at radius 1 is 1.32 bits per heavy atom. The zero-order valence-corrected chi connectivity index (χ0v) is 12.9. The van der Waals surface area contributed by atoms with Crippen LogP contribution in [0.3, 0.4) is 0 Å². The molecule has 1 fully saturated rings. The molecule has 1 heterocycles. The molecule has 2 rings (SSSR count). The van der Waals surface area contributed by atoms with E-state index in [0.717, 1.165) is 5.56 Å². The number of rotatable bonds is 2. The summed E-state index contributed by atoms with van der Waals surface area (Å²) in [5.74, 6) is -0.923. The van der Waals surface area contributed by atoms with E-state index in [1.807, 2.05) is 0 Å². The summed E-state index contributed by atoms with van der Waals surface area (Å²) >= 11 is 0. The average molecular weight is 304 g/mol. The van der Waals surface area contributed by atoms with Gasteiger partial charge in [0.15, 0.2) is 0 Å². The lowest BCUT2D eigenvalue weighted by atomic mass is 9.90. The number of nitrogens with one attached hydrogen (secondary N) is 2. The lowest BCUT2D eigenvalue weighted by molar-refractivity contribution is -0.134. The fraction of sp³-hybridized carbons (Fsp3) is 0.438. The van der Waals surface area contributed by atoms with Crippen molar-refractivity contribution >= 4 is 23.6 Å². The molecule has 6 heteroatoms. The van der Waals surface area contributed by atoms with Crippen LogP contribution in [0.2, 0.25) is 0 Å². The van der Waals surface area contributed by atoms with Crippen molar-refractivity contribution in [2.24, 2.45) is 0 Å². The van der Waals surface area contributed by atoms with Gasteiger partial charge >= 0.3 is 6.09 Å². The van der Waals surface area contributed by atoms with Gasteiger partial charge in [0, 0.05) is 12.1 Å². The third kappa shape index (κ3) is 4.31. The van der Waals surface area contributed by atoms with Crippen LogP contribution in [-0.4, -0.2) is 23.5 Å². The minimum atomic E-state index is -0.578. The fourth-order valence-corrected chi connectivity index (χ4v) is 2.27. The second kappa shape index (κ2) is 6.17. The number of ether oxygens (including phenoxy) is 1. The lowest BCUT2D eigenvalue weighted by Gasteiger charge is -2.22. The molecule has 3 amide bonds. The number of anilines is 1. The van der Waals surface area contributed by atoms with Crippen LogP contribution in [0.25, 0.3) is 0 Å². The summed E-state index contributed by atoms with van der Waals surface area (Å²) < 4.78 is 5.19. The SMILES string of the molecule is CC(C)(C)OC(=O)Nc1cccc(C2CCC(=O)NC2=O)c1. The molecule has 1 unspecified atom stereocenters. The molecule has 22 heavy (non-hydrogen) atoms. The highest BCUT2D eigenvalue weighted by molar-refractivity contribution is 6.01. The molecular formula is C16H20N2O4. The van der Waals surface area contributed by atoms with Crippen molar-refractivity contribution in [1.82, 2.24) is 5.32 Å². The molecule has 0 radical (unpaired) electrons. The Balaban J connectivity index is 2.08. The van der Waals surface area contributed by atoms with Crippen molar-refractivity contribution in [3.63, 3.8) is 0 Å². The second-order valence-electron chi connectivity index (χ2n) is 6.26. The van der Waals surface area contributed by atoms with E-state index in [9.17, 15) is 14.4 Å². The highest BCUT2D eigenvalue weighted by Crippen LogP contribution is 2.26. The van der Waals surface area contributed by atoms with Gasteiger partial charge in [-0.05, 0) is 44.9 Å². The van der Waals surface area contributed by atoms with Crippen LogP contribution in [0.15, 0.2) is 24.3 Å². The smallest absolute Gasteiger partial charge is 0.412 e.